The first-order chi connectivity index (χ1) is 7.99. The quantitative estimate of drug-likeness (QED) is 0.856. The summed E-state index contributed by atoms with van der Waals surface area (Å²) in [5, 5.41) is 2.70. The van der Waals surface area contributed by atoms with Gasteiger partial charge in [0.05, 0.1) is 6.61 Å². The molecule has 1 atom stereocenters. The molecule has 1 amide bonds. The molecule has 0 aliphatic rings. The fraction of sp³-hybridized carbons (Fsp3) is 0.500. The zero-order chi connectivity index (χ0) is 12.8. The van der Waals surface area contributed by atoms with E-state index in [-0.39, 0.29) is 7.52 Å². The summed E-state index contributed by atoms with van der Waals surface area (Å²) < 4.78 is 5.15. The van der Waals surface area contributed by atoms with Gasteiger partial charge in [-0.15, -0.1) is 0 Å². The third-order valence-electron chi connectivity index (χ3n) is 2.91. The lowest BCUT2D eigenvalue weighted by molar-refractivity contribution is 0.133. The number of hydrogen-bond acceptors (Lipinski definition) is 2. The van der Waals surface area contributed by atoms with Gasteiger partial charge >= 0.3 is 6.09 Å². The summed E-state index contributed by atoms with van der Waals surface area (Å²) >= 11 is 0. The van der Waals surface area contributed by atoms with Crippen molar-refractivity contribution in [1.29, 1.82) is 0 Å². The molecule has 0 unspecified atom stereocenters. The number of rotatable bonds is 4. The molecule has 0 aliphatic heterocycles. The molecule has 0 radical (unpaired) electrons. The molecule has 0 heterocycles. The number of nitrogens with one attached hydrogen (secondary N) is 1. The number of ether oxygens (including phenoxy) is 1. The number of amides is 1. The predicted octanol–water partition coefficient (Wildman–Crippen LogP) is 4.08. The molecule has 0 saturated carbocycles. The fourth-order valence-corrected chi connectivity index (χ4v) is 1.19. The second-order valence-corrected chi connectivity index (χ2v) is 4.81. The zero-order valence-electron chi connectivity index (χ0n) is 11.0. The molecule has 1 N–H and O–H groups in total. The van der Waals surface area contributed by atoms with E-state index in [2.05, 4.69) is 26.1 Å². The maximum atomic E-state index is 11.5. The minimum absolute atomic E-state index is 0. The van der Waals surface area contributed by atoms with Gasteiger partial charge in [0, 0.05) is 7.11 Å². The highest BCUT2D eigenvalue weighted by molar-refractivity contribution is 5.84. The van der Waals surface area contributed by atoms with Gasteiger partial charge in [0.25, 0.3) is 0 Å². The van der Waals surface area contributed by atoms with E-state index in [0.29, 0.717) is 18.4 Å². The van der Waals surface area contributed by atoms with Crippen LogP contribution < -0.4 is 5.32 Å². The summed E-state index contributed by atoms with van der Waals surface area (Å²) in [6.45, 7) is 8.77. The SMILES string of the molecule is Cc1ccc(NC(=O)OC[C@H](C)C(C)C)cc1.[HH]. The average molecular weight is 237 g/mol. The topological polar surface area (TPSA) is 38.3 Å². The van der Waals surface area contributed by atoms with E-state index < -0.39 is 0 Å². The Labute approximate surface area is 105 Å². The van der Waals surface area contributed by atoms with Crippen molar-refractivity contribution in [2.75, 3.05) is 11.9 Å². The van der Waals surface area contributed by atoms with Crippen molar-refractivity contribution in [3.05, 3.63) is 29.8 Å². The second kappa shape index (κ2) is 6.28. The van der Waals surface area contributed by atoms with Gasteiger partial charge in [0.15, 0.2) is 0 Å². The molecule has 3 nitrogen and oxygen atoms in total. The summed E-state index contributed by atoms with van der Waals surface area (Å²) in [4.78, 5) is 11.5. The summed E-state index contributed by atoms with van der Waals surface area (Å²) in [7, 11) is 0. The Morgan fingerprint density at radius 3 is 2.41 bits per heavy atom. The molecule has 0 spiro atoms. The third kappa shape index (κ3) is 4.89. The number of carbonyl (C=O) groups is 1. The molecule has 3 heteroatoms. The molecule has 1 aromatic rings. The van der Waals surface area contributed by atoms with Gasteiger partial charge in [-0.2, -0.15) is 0 Å². The van der Waals surface area contributed by atoms with Crippen LogP contribution in [0.4, 0.5) is 10.5 Å². The molecule has 0 fully saturated rings. The Morgan fingerprint density at radius 2 is 1.88 bits per heavy atom. The van der Waals surface area contributed by atoms with Crippen molar-refractivity contribution < 1.29 is 11.0 Å². The van der Waals surface area contributed by atoms with Crippen LogP contribution >= 0.6 is 0 Å². The second-order valence-electron chi connectivity index (χ2n) is 4.81. The Balaban J connectivity index is 0.00000289. The van der Waals surface area contributed by atoms with E-state index in [4.69, 9.17) is 4.74 Å². The highest BCUT2D eigenvalue weighted by Gasteiger charge is 2.10. The van der Waals surface area contributed by atoms with E-state index >= 15 is 0 Å². The van der Waals surface area contributed by atoms with Gasteiger partial charge in [-0.1, -0.05) is 38.5 Å². The van der Waals surface area contributed by atoms with Crippen LogP contribution in [0.1, 0.15) is 27.8 Å². The standard InChI is InChI=1S/C14H21NO2.H2/c1-10(2)12(4)9-17-14(16)15-13-7-5-11(3)6-8-13;/h5-8,10,12H,9H2,1-4H3,(H,15,16);1H/t12-;/m0./s1. The summed E-state index contributed by atoms with van der Waals surface area (Å²) in [5.41, 5.74) is 1.93. The lowest BCUT2D eigenvalue weighted by Crippen LogP contribution is -2.19. The fourth-order valence-electron chi connectivity index (χ4n) is 1.19. The largest absolute Gasteiger partial charge is 0.449 e. The Bertz CT molecular complexity index is 363. The van der Waals surface area contributed by atoms with Crippen LogP contribution in [0.25, 0.3) is 0 Å². The van der Waals surface area contributed by atoms with E-state index in [9.17, 15) is 4.79 Å². The van der Waals surface area contributed by atoms with Crippen LogP contribution in [0, 0.1) is 18.8 Å². The number of aryl methyl sites for hydroxylation is 1. The van der Waals surface area contributed by atoms with Crippen molar-refractivity contribution in [3.63, 3.8) is 0 Å². The van der Waals surface area contributed by atoms with Crippen LogP contribution in [0.15, 0.2) is 24.3 Å². The molecule has 0 bridgehead atoms. The Hall–Kier alpha value is -1.51. The number of carbonyl (C=O) groups excluding carboxylic acids is 1. The zero-order valence-corrected chi connectivity index (χ0v) is 11.0. The van der Waals surface area contributed by atoms with Crippen molar-refractivity contribution in [2.45, 2.75) is 27.7 Å². The van der Waals surface area contributed by atoms with Crippen molar-refractivity contribution >= 4 is 11.8 Å². The first kappa shape index (κ1) is 13.6. The number of benzene rings is 1. The van der Waals surface area contributed by atoms with E-state index in [0.717, 1.165) is 11.3 Å². The van der Waals surface area contributed by atoms with Gasteiger partial charge in [-0.3, -0.25) is 5.32 Å². The van der Waals surface area contributed by atoms with Gasteiger partial charge in [-0.05, 0) is 30.9 Å². The summed E-state index contributed by atoms with van der Waals surface area (Å²) in [6.07, 6.45) is -0.388. The average Bonchev–Trinajstić information content (AvgIpc) is 2.29. The van der Waals surface area contributed by atoms with Crippen LogP contribution in [-0.4, -0.2) is 12.7 Å². The van der Waals surface area contributed by atoms with Crippen LogP contribution in [0.2, 0.25) is 0 Å². The first-order valence-electron chi connectivity index (χ1n) is 5.99. The minimum atomic E-state index is -0.388. The highest BCUT2D eigenvalue weighted by atomic mass is 16.5. The van der Waals surface area contributed by atoms with Crippen LogP contribution in [0.5, 0.6) is 0 Å². The predicted molar refractivity (Wildman–Crippen MR) is 72.3 cm³/mol. The Kier molecular flexibility index (Phi) is 5.01. The molecule has 1 rings (SSSR count). The molecular formula is C14H23NO2. The molecule has 0 aromatic heterocycles. The lowest BCUT2D eigenvalue weighted by Gasteiger charge is -2.15. The van der Waals surface area contributed by atoms with E-state index in [1.807, 2.05) is 31.2 Å². The van der Waals surface area contributed by atoms with Gasteiger partial charge in [0.1, 0.15) is 0 Å². The maximum Gasteiger partial charge on any atom is 0.411 e. The van der Waals surface area contributed by atoms with Crippen molar-refractivity contribution in [2.24, 2.45) is 11.8 Å². The summed E-state index contributed by atoms with van der Waals surface area (Å²) in [6, 6.07) is 7.63. The van der Waals surface area contributed by atoms with Gasteiger partial charge in [0.2, 0.25) is 0 Å². The number of anilines is 1. The van der Waals surface area contributed by atoms with Crippen molar-refractivity contribution in [3.8, 4) is 0 Å². The molecule has 0 aliphatic carbocycles. The molecule has 0 saturated heterocycles. The maximum absolute atomic E-state index is 11.5. The van der Waals surface area contributed by atoms with E-state index in [1.165, 1.54) is 0 Å². The van der Waals surface area contributed by atoms with Crippen LogP contribution in [-0.2, 0) is 4.74 Å². The molecule has 96 valence electrons. The molecular weight excluding hydrogens is 214 g/mol. The van der Waals surface area contributed by atoms with Gasteiger partial charge in [-0.25, -0.2) is 4.79 Å². The molecule has 1 aromatic carbocycles. The third-order valence-corrected chi connectivity index (χ3v) is 2.91. The minimum Gasteiger partial charge on any atom is -0.449 e. The lowest BCUT2D eigenvalue weighted by atomic mass is 10.00. The highest BCUT2D eigenvalue weighted by Crippen LogP contribution is 2.11. The normalized spacial score (nSPS) is 12.3. The smallest absolute Gasteiger partial charge is 0.411 e. The summed E-state index contributed by atoms with van der Waals surface area (Å²) in [5.74, 6) is 0.890. The number of hydrogen-bond donors (Lipinski definition) is 1. The van der Waals surface area contributed by atoms with Crippen molar-refractivity contribution in [1.82, 2.24) is 0 Å². The first-order valence-corrected chi connectivity index (χ1v) is 5.99. The molecule has 17 heavy (non-hydrogen) atoms. The van der Waals surface area contributed by atoms with Gasteiger partial charge < -0.3 is 4.74 Å². The van der Waals surface area contributed by atoms with Crippen LogP contribution in [0.3, 0.4) is 0 Å². The monoisotopic (exact) mass is 237 g/mol. The van der Waals surface area contributed by atoms with E-state index in [1.54, 1.807) is 0 Å². The Morgan fingerprint density at radius 1 is 1.29 bits per heavy atom.